The predicted octanol–water partition coefficient (Wildman–Crippen LogP) is 7.88. The first kappa shape index (κ1) is 30.0. The van der Waals surface area contributed by atoms with Gasteiger partial charge in [-0.3, -0.25) is 10.2 Å². The molecule has 1 N–H and O–H groups in total. The Balaban J connectivity index is 1.49. The minimum atomic E-state index is -0.0545. The van der Waals surface area contributed by atoms with Crippen LogP contribution in [0.5, 0.6) is 0 Å². The lowest BCUT2D eigenvalue weighted by atomic mass is 9.98. The molecule has 6 nitrogen and oxygen atoms in total. The van der Waals surface area contributed by atoms with Crippen LogP contribution in [0.3, 0.4) is 0 Å². The van der Waals surface area contributed by atoms with Crippen molar-refractivity contribution in [1.29, 1.82) is 0 Å². The van der Waals surface area contributed by atoms with Crippen LogP contribution in [0.2, 0.25) is 0 Å². The van der Waals surface area contributed by atoms with Gasteiger partial charge in [0.25, 0.3) is 0 Å². The normalized spacial score (nSPS) is 16.6. The van der Waals surface area contributed by atoms with Gasteiger partial charge < -0.3 is 4.90 Å². The molecular weight excluding hydrogens is 454 g/mol. The van der Waals surface area contributed by atoms with Crippen molar-refractivity contribution in [2.24, 2.45) is 0 Å². The zero-order valence-corrected chi connectivity index (χ0v) is 24.2. The lowest BCUT2D eigenvalue weighted by Crippen LogP contribution is -2.44. The summed E-state index contributed by atoms with van der Waals surface area (Å²) < 4.78 is 0. The summed E-state index contributed by atoms with van der Waals surface area (Å²) in [5, 5.41) is 13.9. The van der Waals surface area contributed by atoms with Crippen molar-refractivity contribution >= 4 is 22.5 Å². The summed E-state index contributed by atoms with van der Waals surface area (Å²) in [6, 6.07) is 0.00563. The number of nitrogens with zero attached hydrogens (tertiary/aromatic N) is 4. The molecule has 0 aliphatic carbocycles. The van der Waals surface area contributed by atoms with E-state index in [1.54, 1.807) is 9.80 Å². The first-order valence-electron chi connectivity index (χ1n) is 14.5. The quantitative estimate of drug-likeness (QED) is 0.193. The van der Waals surface area contributed by atoms with E-state index in [1.165, 1.54) is 108 Å². The number of likely N-dealkylation sites (N-methyl/N-ethyl adjacent to an activating group) is 1. The van der Waals surface area contributed by atoms with Crippen molar-refractivity contribution in [2.45, 2.75) is 142 Å². The summed E-state index contributed by atoms with van der Waals surface area (Å²) in [6.07, 6.45) is 22.1. The Morgan fingerprint density at radius 3 is 1.77 bits per heavy atom. The molecule has 0 radical (unpaired) electrons. The van der Waals surface area contributed by atoms with E-state index in [1.807, 2.05) is 7.05 Å². The van der Waals surface area contributed by atoms with E-state index in [-0.39, 0.29) is 17.6 Å². The van der Waals surface area contributed by atoms with E-state index in [9.17, 15) is 4.79 Å². The highest BCUT2D eigenvalue weighted by molar-refractivity contribution is 7.15. The molecule has 1 aromatic rings. The van der Waals surface area contributed by atoms with E-state index in [0.29, 0.717) is 11.7 Å². The molecule has 2 amide bonds. The first-order chi connectivity index (χ1) is 16.8. The molecule has 2 heterocycles. The number of carbonyl (C=O) groups is 1. The molecule has 2 rings (SSSR count). The van der Waals surface area contributed by atoms with E-state index < -0.39 is 0 Å². The van der Waals surface area contributed by atoms with Crippen LogP contribution in [-0.2, 0) is 5.41 Å². The van der Waals surface area contributed by atoms with Crippen molar-refractivity contribution in [3.63, 3.8) is 0 Å². The maximum absolute atomic E-state index is 12.7. The second-order valence-corrected chi connectivity index (χ2v) is 12.4. The Kier molecular flexibility index (Phi) is 14.2. The van der Waals surface area contributed by atoms with Gasteiger partial charge >= 0.3 is 6.03 Å². The van der Waals surface area contributed by atoms with Crippen LogP contribution in [0.25, 0.3) is 0 Å². The first-order valence-corrected chi connectivity index (χ1v) is 15.3. The summed E-state index contributed by atoms with van der Waals surface area (Å²) in [4.78, 5) is 16.3. The molecule has 202 valence electrons. The number of rotatable bonds is 19. The van der Waals surface area contributed by atoms with E-state index in [2.05, 4.69) is 43.2 Å². The molecule has 1 aliphatic heterocycles. The number of unbranched alkanes of at least 4 members (excludes halogenated alkanes) is 15. The zero-order valence-electron chi connectivity index (χ0n) is 23.4. The van der Waals surface area contributed by atoms with Crippen molar-refractivity contribution in [2.75, 3.05) is 25.0 Å². The molecule has 1 saturated heterocycles. The Hall–Kier alpha value is -1.21. The second-order valence-electron chi connectivity index (χ2n) is 11.4. The van der Waals surface area contributed by atoms with Crippen molar-refractivity contribution in [1.82, 2.24) is 20.4 Å². The number of carbonyl (C=O) groups excluding carboxylic acids is 1. The molecule has 1 atom stereocenters. The van der Waals surface area contributed by atoms with E-state index in [4.69, 9.17) is 0 Å². The fraction of sp³-hybridized carbons (Fsp3) is 0.893. The van der Waals surface area contributed by atoms with Crippen molar-refractivity contribution in [3.05, 3.63) is 5.01 Å². The third kappa shape index (κ3) is 11.2. The minimum absolute atomic E-state index is 0.00563. The van der Waals surface area contributed by atoms with Crippen molar-refractivity contribution in [3.8, 4) is 0 Å². The second kappa shape index (κ2) is 16.5. The molecule has 0 saturated carbocycles. The Morgan fingerprint density at radius 2 is 1.31 bits per heavy atom. The number of nitrogens with one attached hydrogen (secondary N) is 1. The Bertz CT molecular complexity index is 702. The van der Waals surface area contributed by atoms with Crippen LogP contribution in [0, 0.1) is 0 Å². The maximum Gasteiger partial charge on any atom is 0.327 e. The Labute approximate surface area is 219 Å². The fourth-order valence-electron chi connectivity index (χ4n) is 4.67. The molecular formula is C28H53N5OS. The van der Waals surface area contributed by atoms with Crippen molar-refractivity contribution < 1.29 is 4.79 Å². The minimum Gasteiger partial charge on any atom is -0.324 e. The summed E-state index contributed by atoms with van der Waals surface area (Å²) in [6.45, 7) is 10.3. The van der Waals surface area contributed by atoms with Gasteiger partial charge in [-0.15, -0.1) is 10.2 Å². The third-order valence-electron chi connectivity index (χ3n) is 6.96. The monoisotopic (exact) mass is 507 g/mol. The topological polar surface area (TPSA) is 61.4 Å². The number of hydrogen-bond donors (Lipinski definition) is 1. The van der Waals surface area contributed by atoms with Gasteiger partial charge in [0.15, 0.2) is 0 Å². The molecule has 0 bridgehead atoms. The highest BCUT2D eigenvalue weighted by atomic mass is 32.1. The molecule has 7 heteroatoms. The van der Waals surface area contributed by atoms with E-state index >= 15 is 0 Å². The number of amides is 2. The summed E-state index contributed by atoms with van der Waals surface area (Å²) in [7, 11) is 1.86. The molecule has 0 spiro atoms. The van der Waals surface area contributed by atoms with Crippen LogP contribution >= 0.6 is 11.3 Å². The van der Waals surface area contributed by atoms with Gasteiger partial charge in [0.2, 0.25) is 5.13 Å². The van der Waals surface area contributed by atoms with E-state index in [0.717, 1.165) is 18.0 Å². The lowest BCUT2D eigenvalue weighted by Gasteiger charge is -2.21. The third-order valence-corrected chi connectivity index (χ3v) is 8.31. The highest BCUT2D eigenvalue weighted by Gasteiger charge is 2.38. The van der Waals surface area contributed by atoms with Gasteiger partial charge in [0.1, 0.15) is 11.2 Å². The SMILES string of the molecule is CCCCCCCCCCCCCCCCCCNC1CN(C)C(=O)N1c1nnc(C(C)(C)C)s1. The number of urea groups is 1. The molecule has 1 fully saturated rings. The largest absolute Gasteiger partial charge is 0.327 e. The molecule has 35 heavy (non-hydrogen) atoms. The van der Waals surface area contributed by atoms with Gasteiger partial charge in [-0.05, 0) is 13.0 Å². The zero-order chi connectivity index (χ0) is 25.5. The van der Waals surface area contributed by atoms with Gasteiger partial charge in [0, 0.05) is 12.5 Å². The van der Waals surface area contributed by atoms with Crippen LogP contribution in [0.15, 0.2) is 0 Å². The molecule has 1 unspecified atom stereocenters. The lowest BCUT2D eigenvalue weighted by molar-refractivity contribution is 0.229. The standard InChI is InChI=1S/C28H53N5OS/c1-6-7-8-9-10-11-12-13-14-15-16-17-18-19-20-21-22-29-24-23-32(5)27(34)33(24)26-31-30-25(35-26)28(2,3)4/h24,29H,6-23H2,1-5H3. The highest BCUT2D eigenvalue weighted by Crippen LogP contribution is 2.32. The number of aromatic nitrogens is 2. The number of hydrogen-bond acceptors (Lipinski definition) is 5. The fourth-order valence-corrected chi connectivity index (χ4v) is 5.61. The molecule has 1 aliphatic rings. The van der Waals surface area contributed by atoms with Crippen LogP contribution in [0.4, 0.5) is 9.93 Å². The average molecular weight is 508 g/mol. The molecule has 1 aromatic heterocycles. The molecule has 0 aromatic carbocycles. The van der Waals surface area contributed by atoms with Crippen LogP contribution < -0.4 is 10.2 Å². The maximum atomic E-state index is 12.7. The van der Waals surface area contributed by atoms with Gasteiger partial charge in [0.05, 0.1) is 6.54 Å². The van der Waals surface area contributed by atoms with Gasteiger partial charge in [-0.25, -0.2) is 4.79 Å². The summed E-state index contributed by atoms with van der Waals surface area (Å²) >= 11 is 1.53. The number of anilines is 1. The summed E-state index contributed by atoms with van der Waals surface area (Å²) in [5.41, 5.74) is -0.0545. The van der Waals surface area contributed by atoms with Crippen LogP contribution in [-0.4, -0.2) is 47.4 Å². The average Bonchev–Trinajstić information content (AvgIpc) is 3.41. The predicted molar refractivity (Wildman–Crippen MR) is 150 cm³/mol. The smallest absolute Gasteiger partial charge is 0.324 e. The van der Waals surface area contributed by atoms with Crippen LogP contribution in [0.1, 0.15) is 135 Å². The summed E-state index contributed by atoms with van der Waals surface area (Å²) in [5.74, 6) is 0. The Morgan fingerprint density at radius 1 is 0.829 bits per heavy atom. The van der Waals surface area contributed by atoms with Gasteiger partial charge in [-0.1, -0.05) is 135 Å². The van der Waals surface area contributed by atoms with Gasteiger partial charge in [-0.2, -0.15) is 0 Å².